The van der Waals surface area contributed by atoms with Gasteiger partial charge in [-0.05, 0) is 57.0 Å². The van der Waals surface area contributed by atoms with Crippen LogP contribution in [0.2, 0.25) is 0 Å². The number of rotatable bonds is 7. The smallest absolute Gasteiger partial charge is 0.260 e. The molecule has 0 fully saturated rings. The molecule has 0 saturated heterocycles. The maximum absolute atomic E-state index is 12.4. The first-order valence-corrected chi connectivity index (χ1v) is 12.0. The molecule has 3 aromatic rings. The van der Waals surface area contributed by atoms with Crippen molar-refractivity contribution >= 4 is 27.8 Å². The number of para-hydroxylation sites is 2. The molecular formula is C24H28N4O3S. The molecule has 2 aromatic carbocycles. The lowest BCUT2D eigenvalue weighted by molar-refractivity contribution is -0.119. The fraction of sp³-hybridized carbons (Fsp3) is 0.250. The first-order valence-electron chi connectivity index (χ1n) is 10.2. The van der Waals surface area contributed by atoms with Gasteiger partial charge in [0.25, 0.3) is 5.91 Å². The number of aryl methyl sites for hydroxylation is 3. The lowest BCUT2D eigenvalue weighted by Gasteiger charge is -2.21. The number of sulfonamides is 1. The standard InChI is InChI=1S/C24H28N4O3S/c1-17-10-9-11-18(2)24(17)28-19(3)14-21(20(28)4)15-25-26-23(29)16-27(32(5,30)31)22-12-7-6-8-13-22/h6-15H,16H2,1-5H3,(H,26,29)/b25-15+. The summed E-state index contributed by atoms with van der Waals surface area (Å²) < 4.78 is 27.5. The largest absolute Gasteiger partial charge is 0.317 e. The van der Waals surface area contributed by atoms with E-state index in [1.807, 2.05) is 26.0 Å². The third-order valence-electron chi connectivity index (χ3n) is 5.26. The minimum absolute atomic E-state index is 0.360. The zero-order valence-corrected chi connectivity index (χ0v) is 19.8. The second-order valence-electron chi connectivity index (χ2n) is 7.80. The van der Waals surface area contributed by atoms with E-state index in [1.54, 1.807) is 36.5 Å². The summed E-state index contributed by atoms with van der Waals surface area (Å²) in [4.78, 5) is 12.4. The Morgan fingerprint density at radius 1 is 1.03 bits per heavy atom. The molecule has 0 saturated carbocycles. The fourth-order valence-electron chi connectivity index (χ4n) is 3.75. The topological polar surface area (TPSA) is 83.8 Å². The summed E-state index contributed by atoms with van der Waals surface area (Å²) in [6, 6.07) is 16.7. The number of benzene rings is 2. The molecule has 0 aliphatic carbocycles. The van der Waals surface area contributed by atoms with E-state index in [2.05, 4.69) is 41.1 Å². The van der Waals surface area contributed by atoms with Crippen LogP contribution in [0.25, 0.3) is 5.69 Å². The predicted octanol–water partition coefficient (Wildman–Crippen LogP) is 3.63. The number of carbonyl (C=O) groups excluding carboxylic acids is 1. The highest BCUT2D eigenvalue weighted by Gasteiger charge is 2.20. The highest BCUT2D eigenvalue weighted by Crippen LogP contribution is 2.25. The van der Waals surface area contributed by atoms with E-state index in [0.29, 0.717) is 5.69 Å². The average molecular weight is 453 g/mol. The van der Waals surface area contributed by atoms with Gasteiger partial charge in [0.2, 0.25) is 10.0 Å². The average Bonchev–Trinajstić information content (AvgIpc) is 3.00. The number of hydrogen-bond donors (Lipinski definition) is 1. The van der Waals surface area contributed by atoms with Crippen LogP contribution in [0, 0.1) is 27.7 Å². The summed E-state index contributed by atoms with van der Waals surface area (Å²) in [5.74, 6) is -0.529. The maximum atomic E-state index is 12.4. The molecule has 3 rings (SSSR count). The molecule has 0 unspecified atom stereocenters. The number of aromatic nitrogens is 1. The van der Waals surface area contributed by atoms with Crippen LogP contribution in [0.3, 0.4) is 0 Å². The number of nitrogens with one attached hydrogen (secondary N) is 1. The van der Waals surface area contributed by atoms with Gasteiger partial charge in [0.05, 0.1) is 23.8 Å². The Kier molecular flexibility index (Phi) is 6.84. The molecule has 1 heterocycles. The van der Waals surface area contributed by atoms with Crippen LogP contribution in [-0.2, 0) is 14.8 Å². The molecule has 32 heavy (non-hydrogen) atoms. The molecular weight excluding hydrogens is 424 g/mol. The van der Waals surface area contributed by atoms with Gasteiger partial charge in [-0.15, -0.1) is 0 Å². The van der Waals surface area contributed by atoms with Gasteiger partial charge < -0.3 is 4.57 Å². The van der Waals surface area contributed by atoms with E-state index in [1.165, 1.54) is 11.1 Å². The van der Waals surface area contributed by atoms with Crippen molar-refractivity contribution in [2.24, 2.45) is 5.10 Å². The van der Waals surface area contributed by atoms with Gasteiger partial charge in [-0.25, -0.2) is 13.8 Å². The molecule has 1 N–H and O–H groups in total. The summed E-state index contributed by atoms with van der Waals surface area (Å²) in [5, 5.41) is 4.06. The minimum Gasteiger partial charge on any atom is -0.317 e. The van der Waals surface area contributed by atoms with Crippen molar-refractivity contribution < 1.29 is 13.2 Å². The molecule has 1 amide bonds. The van der Waals surface area contributed by atoms with Crippen molar-refractivity contribution in [1.82, 2.24) is 9.99 Å². The van der Waals surface area contributed by atoms with Crippen molar-refractivity contribution in [2.75, 3.05) is 17.1 Å². The molecule has 0 spiro atoms. The summed E-state index contributed by atoms with van der Waals surface area (Å²) in [6.45, 7) is 7.83. The van der Waals surface area contributed by atoms with Crippen LogP contribution in [0.1, 0.15) is 28.1 Å². The highest BCUT2D eigenvalue weighted by atomic mass is 32.2. The molecule has 0 aliphatic rings. The van der Waals surface area contributed by atoms with Crippen LogP contribution in [-0.4, -0.2) is 37.9 Å². The number of nitrogens with zero attached hydrogens (tertiary/aromatic N) is 3. The first-order chi connectivity index (χ1) is 15.1. The van der Waals surface area contributed by atoms with Crippen LogP contribution >= 0.6 is 0 Å². The highest BCUT2D eigenvalue weighted by molar-refractivity contribution is 7.92. The zero-order valence-electron chi connectivity index (χ0n) is 19.0. The van der Waals surface area contributed by atoms with E-state index >= 15 is 0 Å². The summed E-state index contributed by atoms with van der Waals surface area (Å²) in [7, 11) is -3.62. The Morgan fingerprint density at radius 3 is 2.25 bits per heavy atom. The Labute approximate surface area is 189 Å². The normalized spacial score (nSPS) is 11.7. The Bertz CT molecular complexity index is 1240. The van der Waals surface area contributed by atoms with Gasteiger partial charge in [-0.3, -0.25) is 9.10 Å². The number of anilines is 1. The second-order valence-corrected chi connectivity index (χ2v) is 9.71. The number of carbonyl (C=O) groups is 1. The molecule has 0 radical (unpaired) electrons. The van der Waals surface area contributed by atoms with Crippen LogP contribution < -0.4 is 9.73 Å². The van der Waals surface area contributed by atoms with Crippen molar-refractivity contribution in [1.29, 1.82) is 0 Å². The number of hydrazone groups is 1. The maximum Gasteiger partial charge on any atom is 0.260 e. The summed E-state index contributed by atoms with van der Waals surface area (Å²) >= 11 is 0. The predicted molar refractivity (Wildman–Crippen MR) is 129 cm³/mol. The monoisotopic (exact) mass is 452 g/mol. The van der Waals surface area contributed by atoms with E-state index in [-0.39, 0.29) is 6.54 Å². The molecule has 0 aliphatic heterocycles. The first kappa shape index (κ1) is 23.3. The Morgan fingerprint density at radius 2 is 1.66 bits per heavy atom. The van der Waals surface area contributed by atoms with Crippen molar-refractivity contribution in [3.8, 4) is 5.69 Å². The number of hydrogen-bond acceptors (Lipinski definition) is 4. The van der Waals surface area contributed by atoms with E-state index < -0.39 is 15.9 Å². The lowest BCUT2D eigenvalue weighted by Crippen LogP contribution is -2.38. The summed E-state index contributed by atoms with van der Waals surface area (Å²) in [6.07, 6.45) is 2.65. The van der Waals surface area contributed by atoms with Crippen molar-refractivity contribution in [3.05, 3.63) is 82.7 Å². The van der Waals surface area contributed by atoms with E-state index in [4.69, 9.17) is 0 Å². The van der Waals surface area contributed by atoms with Crippen LogP contribution in [0.5, 0.6) is 0 Å². The second kappa shape index (κ2) is 9.40. The van der Waals surface area contributed by atoms with Gasteiger partial charge in [0.15, 0.2) is 0 Å². The fourth-order valence-corrected chi connectivity index (χ4v) is 4.61. The van der Waals surface area contributed by atoms with Gasteiger partial charge in [-0.1, -0.05) is 36.4 Å². The molecule has 1 aromatic heterocycles. The molecule has 8 heteroatoms. The Hall–Kier alpha value is -3.39. The van der Waals surface area contributed by atoms with Gasteiger partial charge in [0, 0.05) is 17.0 Å². The SMILES string of the molecule is Cc1cccc(C)c1-n1c(C)cc(/C=N/NC(=O)CN(c2ccccc2)S(C)(=O)=O)c1C. The van der Waals surface area contributed by atoms with E-state index in [9.17, 15) is 13.2 Å². The zero-order chi connectivity index (χ0) is 23.5. The van der Waals surface area contributed by atoms with Gasteiger partial charge >= 0.3 is 0 Å². The van der Waals surface area contributed by atoms with Crippen molar-refractivity contribution in [3.63, 3.8) is 0 Å². The molecule has 168 valence electrons. The molecule has 0 bridgehead atoms. The third kappa shape index (κ3) is 5.08. The van der Waals surface area contributed by atoms with Gasteiger partial charge in [0.1, 0.15) is 6.54 Å². The number of amides is 1. The third-order valence-corrected chi connectivity index (χ3v) is 6.40. The molecule has 0 atom stereocenters. The quantitative estimate of drug-likeness (QED) is 0.439. The Balaban J connectivity index is 1.77. The van der Waals surface area contributed by atoms with Crippen LogP contribution in [0.4, 0.5) is 5.69 Å². The van der Waals surface area contributed by atoms with E-state index in [0.717, 1.165) is 33.2 Å². The van der Waals surface area contributed by atoms with Crippen LogP contribution in [0.15, 0.2) is 59.7 Å². The summed E-state index contributed by atoms with van der Waals surface area (Å²) in [5.41, 5.74) is 9.26. The van der Waals surface area contributed by atoms with Crippen molar-refractivity contribution in [2.45, 2.75) is 27.7 Å². The van der Waals surface area contributed by atoms with Gasteiger partial charge in [-0.2, -0.15) is 5.10 Å². The minimum atomic E-state index is -3.62. The molecule has 7 nitrogen and oxygen atoms in total. The lowest BCUT2D eigenvalue weighted by atomic mass is 10.1.